The first kappa shape index (κ1) is 15.0. The van der Waals surface area contributed by atoms with Gasteiger partial charge in [-0.25, -0.2) is 4.98 Å². The molecular formula is C18H18N4OS. The van der Waals surface area contributed by atoms with E-state index in [0.29, 0.717) is 4.88 Å². The van der Waals surface area contributed by atoms with Crippen LogP contribution in [0.15, 0.2) is 54.3 Å². The normalized spacial score (nSPS) is 14.1. The van der Waals surface area contributed by atoms with Crippen LogP contribution in [0.1, 0.15) is 22.5 Å². The van der Waals surface area contributed by atoms with Gasteiger partial charge >= 0.3 is 0 Å². The van der Waals surface area contributed by atoms with Crippen LogP contribution in [-0.4, -0.2) is 28.5 Å². The molecule has 0 aliphatic carbocycles. The molecule has 5 nitrogen and oxygen atoms in total. The number of carbonyl (C=O) groups is 1. The summed E-state index contributed by atoms with van der Waals surface area (Å²) in [5, 5.41) is 4.87. The zero-order chi connectivity index (χ0) is 16.4. The zero-order valence-electron chi connectivity index (χ0n) is 13.2. The lowest BCUT2D eigenvalue weighted by atomic mass is 10.3. The third-order valence-electron chi connectivity index (χ3n) is 4.17. The quantitative estimate of drug-likeness (QED) is 0.787. The second-order valence-corrected chi connectivity index (χ2v) is 6.69. The van der Waals surface area contributed by atoms with E-state index in [0.717, 1.165) is 30.3 Å². The van der Waals surface area contributed by atoms with Crippen LogP contribution in [-0.2, 0) is 0 Å². The van der Waals surface area contributed by atoms with Gasteiger partial charge in [-0.15, -0.1) is 11.3 Å². The predicted octanol–water partition coefficient (Wildman–Crippen LogP) is 3.79. The molecule has 0 aromatic carbocycles. The summed E-state index contributed by atoms with van der Waals surface area (Å²) in [5.41, 5.74) is 1.61. The van der Waals surface area contributed by atoms with E-state index in [1.165, 1.54) is 24.2 Å². The van der Waals surface area contributed by atoms with Gasteiger partial charge in [0.2, 0.25) is 0 Å². The van der Waals surface area contributed by atoms with Gasteiger partial charge in [-0.3, -0.25) is 4.79 Å². The van der Waals surface area contributed by atoms with Gasteiger partial charge in [-0.2, -0.15) is 0 Å². The molecule has 6 heteroatoms. The van der Waals surface area contributed by atoms with Crippen LogP contribution in [0.3, 0.4) is 0 Å². The van der Waals surface area contributed by atoms with Crippen LogP contribution in [0, 0.1) is 0 Å². The Morgan fingerprint density at radius 2 is 1.92 bits per heavy atom. The molecule has 0 radical (unpaired) electrons. The van der Waals surface area contributed by atoms with E-state index in [-0.39, 0.29) is 5.91 Å². The van der Waals surface area contributed by atoms with E-state index in [1.54, 1.807) is 6.20 Å². The van der Waals surface area contributed by atoms with Crippen molar-refractivity contribution in [3.8, 4) is 5.69 Å². The van der Waals surface area contributed by atoms with Crippen molar-refractivity contribution < 1.29 is 4.79 Å². The number of nitrogens with zero attached hydrogens (tertiary/aromatic N) is 3. The molecule has 1 fully saturated rings. The maximum Gasteiger partial charge on any atom is 0.267 e. The molecule has 0 bridgehead atoms. The zero-order valence-corrected chi connectivity index (χ0v) is 14.0. The summed E-state index contributed by atoms with van der Waals surface area (Å²) >= 11 is 1.44. The van der Waals surface area contributed by atoms with Crippen LogP contribution in [0.25, 0.3) is 5.69 Å². The summed E-state index contributed by atoms with van der Waals surface area (Å²) < 4.78 is 1.94. The van der Waals surface area contributed by atoms with Crippen molar-refractivity contribution in [3.05, 3.63) is 59.2 Å². The first-order chi connectivity index (χ1) is 11.8. The van der Waals surface area contributed by atoms with Gasteiger partial charge in [0.15, 0.2) is 0 Å². The van der Waals surface area contributed by atoms with Crippen molar-refractivity contribution in [3.63, 3.8) is 0 Å². The first-order valence-corrected chi connectivity index (χ1v) is 8.92. The maximum atomic E-state index is 12.6. The molecule has 24 heavy (non-hydrogen) atoms. The number of rotatable bonds is 4. The van der Waals surface area contributed by atoms with Gasteiger partial charge in [-0.1, -0.05) is 0 Å². The molecular weight excluding hydrogens is 320 g/mol. The molecule has 3 aromatic heterocycles. The highest BCUT2D eigenvalue weighted by molar-refractivity contribution is 7.12. The monoisotopic (exact) mass is 338 g/mol. The van der Waals surface area contributed by atoms with Crippen molar-refractivity contribution in [2.45, 2.75) is 12.8 Å². The average molecular weight is 338 g/mol. The lowest BCUT2D eigenvalue weighted by Gasteiger charge is -2.16. The molecule has 1 amide bonds. The van der Waals surface area contributed by atoms with Gasteiger partial charge < -0.3 is 14.8 Å². The lowest BCUT2D eigenvalue weighted by molar-refractivity contribution is 0.103. The Morgan fingerprint density at radius 3 is 2.62 bits per heavy atom. The van der Waals surface area contributed by atoms with Crippen LogP contribution in [0.2, 0.25) is 0 Å². The minimum atomic E-state index is -0.107. The molecule has 4 heterocycles. The van der Waals surface area contributed by atoms with Crippen molar-refractivity contribution in [1.29, 1.82) is 0 Å². The van der Waals surface area contributed by atoms with E-state index < -0.39 is 0 Å². The molecule has 1 saturated heterocycles. The highest BCUT2D eigenvalue weighted by Crippen LogP contribution is 2.23. The standard InChI is InChI=1S/C18H18N4OS/c23-18(17-15(7-12-24-17)21-8-1-2-9-21)20-14-5-6-16(19-13-14)22-10-3-4-11-22/h1-2,5-9,12-13H,3-4,10-11H2,(H,20,23). The Hall–Kier alpha value is -2.60. The van der Waals surface area contributed by atoms with Gasteiger partial charge in [0.05, 0.1) is 17.6 Å². The van der Waals surface area contributed by atoms with E-state index in [9.17, 15) is 4.79 Å². The topological polar surface area (TPSA) is 50.2 Å². The smallest absolute Gasteiger partial charge is 0.267 e. The molecule has 3 aromatic rings. The van der Waals surface area contributed by atoms with Crippen LogP contribution >= 0.6 is 11.3 Å². The van der Waals surface area contributed by atoms with Crippen molar-refractivity contribution in [1.82, 2.24) is 9.55 Å². The lowest BCUT2D eigenvalue weighted by Crippen LogP contribution is -2.19. The largest absolute Gasteiger partial charge is 0.357 e. The highest BCUT2D eigenvalue weighted by atomic mass is 32.1. The average Bonchev–Trinajstić information content (AvgIpc) is 3.35. The molecule has 1 N–H and O–H groups in total. The molecule has 1 aliphatic heterocycles. The third-order valence-corrected chi connectivity index (χ3v) is 5.07. The molecule has 1 aliphatic rings. The number of hydrogen-bond acceptors (Lipinski definition) is 4. The molecule has 122 valence electrons. The SMILES string of the molecule is O=C(Nc1ccc(N2CCCC2)nc1)c1sccc1-n1cccc1. The third kappa shape index (κ3) is 2.92. The molecule has 4 rings (SSSR count). The Labute approximate surface area is 144 Å². The fourth-order valence-electron chi connectivity index (χ4n) is 2.95. The first-order valence-electron chi connectivity index (χ1n) is 8.04. The van der Waals surface area contributed by atoms with Gasteiger partial charge in [0, 0.05) is 25.5 Å². The minimum Gasteiger partial charge on any atom is -0.357 e. The second kappa shape index (κ2) is 6.49. The molecule has 0 atom stereocenters. The number of thiophene rings is 1. The van der Waals surface area contributed by atoms with E-state index >= 15 is 0 Å². The summed E-state index contributed by atoms with van der Waals surface area (Å²) in [4.78, 5) is 20.0. The van der Waals surface area contributed by atoms with Gasteiger partial charge in [0.1, 0.15) is 10.7 Å². The van der Waals surface area contributed by atoms with Gasteiger partial charge in [0.25, 0.3) is 5.91 Å². The Morgan fingerprint density at radius 1 is 1.12 bits per heavy atom. The number of nitrogens with one attached hydrogen (secondary N) is 1. The molecule has 0 unspecified atom stereocenters. The molecule has 0 saturated carbocycles. The number of pyridine rings is 1. The van der Waals surface area contributed by atoms with Crippen molar-refractivity contribution >= 4 is 28.7 Å². The van der Waals surface area contributed by atoms with Gasteiger partial charge in [-0.05, 0) is 48.6 Å². The molecule has 0 spiro atoms. The minimum absolute atomic E-state index is 0.107. The summed E-state index contributed by atoms with van der Waals surface area (Å²) in [6.45, 7) is 2.13. The fraction of sp³-hybridized carbons (Fsp3) is 0.222. The predicted molar refractivity (Wildman–Crippen MR) is 97.3 cm³/mol. The number of anilines is 2. The summed E-state index contributed by atoms with van der Waals surface area (Å²) in [6.07, 6.45) is 8.05. The fourth-order valence-corrected chi connectivity index (χ4v) is 3.74. The summed E-state index contributed by atoms with van der Waals surface area (Å²) in [5.74, 6) is 0.874. The Bertz CT molecular complexity index is 817. The summed E-state index contributed by atoms with van der Waals surface area (Å²) in [7, 11) is 0. The number of amides is 1. The van der Waals surface area contributed by atoms with Crippen molar-refractivity contribution in [2.24, 2.45) is 0 Å². The number of hydrogen-bond donors (Lipinski definition) is 1. The summed E-state index contributed by atoms with van der Waals surface area (Å²) in [6, 6.07) is 9.73. The highest BCUT2D eigenvalue weighted by Gasteiger charge is 2.16. The van der Waals surface area contributed by atoms with E-state index in [2.05, 4.69) is 15.2 Å². The Balaban J connectivity index is 1.49. The Kier molecular flexibility index (Phi) is 4.04. The number of carbonyl (C=O) groups excluding carboxylic acids is 1. The van der Waals surface area contributed by atoms with Crippen LogP contribution in [0.5, 0.6) is 0 Å². The van der Waals surface area contributed by atoms with E-state index in [1.807, 2.05) is 52.7 Å². The van der Waals surface area contributed by atoms with E-state index in [4.69, 9.17) is 0 Å². The maximum absolute atomic E-state index is 12.6. The van der Waals surface area contributed by atoms with Crippen LogP contribution < -0.4 is 10.2 Å². The number of aromatic nitrogens is 2. The second-order valence-electron chi connectivity index (χ2n) is 5.78. The van der Waals surface area contributed by atoms with Crippen LogP contribution in [0.4, 0.5) is 11.5 Å². The van der Waals surface area contributed by atoms with Crippen molar-refractivity contribution in [2.75, 3.05) is 23.3 Å².